The Balaban J connectivity index is 1.63. The molecule has 0 spiro atoms. The van der Waals surface area contributed by atoms with Gasteiger partial charge in [-0.05, 0) is 68.6 Å². The average Bonchev–Trinajstić information content (AvgIpc) is 2.74. The number of hydrogen-bond donors (Lipinski definition) is 0. The maximum atomic E-state index is 11.7. The van der Waals surface area contributed by atoms with Crippen LogP contribution < -0.4 is 0 Å². The molecule has 0 atom stereocenters. The smallest absolute Gasteiger partial charge is 0.337 e. The Morgan fingerprint density at radius 3 is 2.36 bits per heavy atom. The molecule has 2 aromatic carbocycles. The van der Waals surface area contributed by atoms with Crippen molar-refractivity contribution in [2.45, 2.75) is 25.8 Å². The SMILES string of the molecule is COC(=O)c1ccc(CN(CCc2ccccc2)CC2CCN(C)CC2)cc1. The molecule has 1 heterocycles. The highest BCUT2D eigenvalue weighted by molar-refractivity contribution is 5.89. The van der Waals surface area contributed by atoms with E-state index in [-0.39, 0.29) is 5.97 Å². The maximum Gasteiger partial charge on any atom is 0.337 e. The van der Waals surface area contributed by atoms with Crippen molar-refractivity contribution in [3.8, 4) is 0 Å². The van der Waals surface area contributed by atoms with Gasteiger partial charge in [0.15, 0.2) is 0 Å². The molecule has 150 valence electrons. The van der Waals surface area contributed by atoms with Crippen molar-refractivity contribution >= 4 is 5.97 Å². The first-order chi connectivity index (χ1) is 13.6. The highest BCUT2D eigenvalue weighted by Crippen LogP contribution is 2.19. The van der Waals surface area contributed by atoms with E-state index in [0.29, 0.717) is 5.56 Å². The van der Waals surface area contributed by atoms with Crippen molar-refractivity contribution in [3.63, 3.8) is 0 Å². The fourth-order valence-corrected chi connectivity index (χ4v) is 3.90. The third-order valence-electron chi connectivity index (χ3n) is 5.70. The van der Waals surface area contributed by atoms with Crippen LogP contribution in [0.5, 0.6) is 0 Å². The molecule has 1 aliphatic heterocycles. The van der Waals surface area contributed by atoms with Crippen LogP contribution in [0.1, 0.15) is 34.3 Å². The second-order valence-corrected chi connectivity index (χ2v) is 7.91. The second-order valence-electron chi connectivity index (χ2n) is 7.91. The molecular weight excluding hydrogens is 348 g/mol. The summed E-state index contributed by atoms with van der Waals surface area (Å²) in [6, 6.07) is 18.6. The van der Waals surface area contributed by atoms with Crippen molar-refractivity contribution < 1.29 is 9.53 Å². The standard InChI is InChI=1S/C24H32N2O2/c1-25-15-12-22(13-16-25)19-26(17-14-20-6-4-3-5-7-20)18-21-8-10-23(11-9-21)24(27)28-2/h3-11,22H,12-19H2,1-2H3. The first kappa shape index (κ1) is 20.6. The molecule has 0 unspecified atom stereocenters. The fraction of sp³-hybridized carbons (Fsp3) is 0.458. The number of nitrogens with zero attached hydrogens (tertiary/aromatic N) is 2. The van der Waals surface area contributed by atoms with Gasteiger partial charge in [-0.25, -0.2) is 4.79 Å². The van der Waals surface area contributed by atoms with Gasteiger partial charge in [0.1, 0.15) is 0 Å². The summed E-state index contributed by atoms with van der Waals surface area (Å²) in [4.78, 5) is 16.7. The van der Waals surface area contributed by atoms with Gasteiger partial charge in [-0.1, -0.05) is 42.5 Å². The van der Waals surface area contributed by atoms with Crippen LogP contribution in [0.15, 0.2) is 54.6 Å². The molecule has 0 amide bonds. The van der Waals surface area contributed by atoms with E-state index in [9.17, 15) is 4.79 Å². The van der Waals surface area contributed by atoms with Crippen LogP contribution in [0.2, 0.25) is 0 Å². The minimum absolute atomic E-state index is 0.279. The molecule has 4 heteroatoms. The summed E-state index contributed by atoms with van der Waals surface area (Å²) >= 11 is 0. The first-order valence-corrected chi connectivity index (χ1v) is 10.3. The van der Waals surface area contributed by atoms with Gasteiger partial charge in [0, 0.05) is 19.6 Å². The van der Waals surface area contributed by atoms with Gasteiger partial charge in [0.05, 0.1) is 12.7 Å². The van der Waals surface area contributed by atoms with Crippen molar-refractivity contribution in [1.82, 2.24) is 9.80 Å². The molecule has 1 fully saturated rings. The van der Waals surface area contributed by atoms with Crippen LogP contribution in [0.25, 0.3) is 0 Å². The van der Waals surface area contributed by atoms with Crippen LogP contribution in [-0.4, -0.2) is 56.1 Å². The molecule has 1 aliphatic rings. The summed E-state index contributed by atoms with van der Waals surface area (Å²) in [5.74, 6) is 0.486. The Hall–Kier alpha value is -2.17. The summed E-state index contributed by atoms with van der Waals surface area (Å²) < 4.78 is 4.80. The lowest BCUT2D eigenvalue weighted by atomic mass is 9.96. The summed E-state index contributed by atoms with van der Waals surface area (Å²) in [5.41, 5.74) is 3.24. The first-order valence-electron chi connectivity index (χ1n) is 10.3. The number of carbonyl (C=O) groups excluding carboxylic acids is 1. The Morgan fingerprint density at radius 1 is 1.04 bits per heavy atom. The molecule has 0 saturated carbocycles. The Labute approximate surface area is 169 Å². The molecule has 4 nitrogen and oxygen atoms in total. The van der Waals surface area contributed by atoms with Crippen molar-refractivity contribution in [2.24, 2.45) is 5.92 Å². The number of esters is 1. The molecule has 0 N–H and O–H groups in total. The third-order valence-corrected chi connectivity index (χ3v) is 5.70. The van der Waals surface area contributed by atoms with Crippen LogP contribution in [0.3, 0.4) is 0 Å². The van der Waals surface area contributed by atoms with E-state index < -0.39 is 0 Å². The number of ether oxygens (including phenoxy) is 1. The van der Waals surface area contributed by atoms with E-state index in [1.54, 1.807) is 0 Å². The van der Waals surface area contributed by atoms with E-state index in [0.717, 1.165) is 32.0 Å². The molecule has 0 bridgehead atoms. The topological polar surface area (TPSA) is 32.8 Å². The number of carbonyl (C=O) groups is 1. The van der Waals surface area contributed by atoms with Crippen LogP contribution in [0.4, 0.5) is 0 Å². The van der Waals surface area contributed by atoms with Gasteiger partial charge in [-0.15, -0.1) is 0 Å². The molecule has 0 radical (unpaired) electrons. The number of likely N-dealkylation sites (tertiary alicyclic amines) is 1. The minimum Gasteiger partial charge on any atom is -0.465 e. The Morgan fingerprint density at radius 2 is 1.71 bits per heavy atom. The van der Waals surface area contributed by atoms with Crippen LogP contribution in [0, 0.1) is 5.92 Å². The highest BCUT2D eigenvalue weighted by atomic mass is 16.5. The lowest BCUT2D eigenvalue weighted by Crippen LogP contribution is -2.37. The number of benzene rings is 2. The normalized spacial score (nSPS) is 15.7. The van der Waals surface area contributed by atoms with Gasteiger partial charge >= 0.3 is 5.97 Å². The largest absolute Gasteiger partial charge is 0.465 e. The summed E-state index contributed by atoms with van der Waals surface area (Å²) in [6.45, 7) is 5.51. The predicted octanol–water partition coefficient (Wildman–Crippen LogP) is 3.86. The monoisotopic (exact) mass is 380 g/mol. The number of methoxy groups -OCH3 is 1. The predicted molar refractivity (Wildman–Crippen MR) is 113 cm³/mol. The Bertz CT molecular complexity index is 722. The van der Waals surface area contributed by atoms with Crippen molar-refractivity contribution in [1.29, 1.82) is 0 Å². The van der Waals surface area contributed by atoms with Gasteiger partial charge in [-0.2, -0.15) is 0 Å². The number of piperidine rings is 1. The van der Waals surface area contributed by atoms with Gasteiger partial charge in [0.25, 0.3) is 0 Å². The van der Waals surface area contributed by atoms with Gasteiger partial charge < -0.3 is 9.64 Å². The van der Waals surface area contributed by atoms with E-state index >= 15 is 0 Å². The van der Waals surface area contributed by atoms with Crippen LogP contribution >= 0.6 is 0 Å². The van der Waals surface area contributed by atoms with E-state index in [2.05, 4.69) is 59.3 Å². The van der Waals surface area contributed by atoms with Crippen molar-refractivity contribution in [3.05, 3.63) is 71.3 Å². The van der Waals surface area contributed by atoms with E-state index in [1.807, 2.05) is 12.1 Å². The zero-order valence-electron chi connectivity index (χ0n) is 17.1. The summed E-state index contributed by atoms with van der Waals surface area (Å²) in [7, 11) is 3.63. The average molecular weight is 381 g/mol. The lowest BCUT2D eigenvalue weighted by Gasteiger charge is -2.33. The molecule has 0 aliphatic carbocycles. The van der Waals surface area contributed by atoms with Crippen LogP contribution in [-0.2, 0) is 17.7 Å². The summed E-state index contributed by atoms with van der Waals surface area (Å²) in [6.07, 6.45) is 3.62. The molecule has 1 saturated heterocycles. The van der Waals surface area contributed by atoms with E-state index in [4.69, 9.17) is 4.74 Å². The van der Waals surface area contributed by atoms with E-state index in [1.165, 1.54) is 44.2 Å². The minimum atomic E-state index is -0.279. The second kappa shape index (κ2) is 10.4. The van der Waals surface area contributed by atoms with Crippen molar-refractivity contribution in [2.75, 3.05) is 40.3 Å². The number of hydrogen-bond acceptors (Lipinski definition) is 4. The highest BCUT2D eigenvalue weighted by Gasteiger charge is 2.20. The van der Waals surface area contributed by atoms with Gasteiger partial charge in [-0.3, -0.25) is 4.90 Å². The zero-order chi connectivity index (χ0) is 19.8. The van der Waals surface area contributed by atoms with Gasteiger partial charge in [0.2, 0.25) is 0 Å². The molecule has 3 rings (SSSR count). The zero-order valence-corrected chi connectivity index (χ0v) is 17.1. The third kappa shape index (κ3) is 6.18. The molecule has 2 aromatic rings. The quantitative estimate of drug-likeness (QED) is 0.651. The molecule has 28 heavy (non-hydrogen) atoms. The Kier molecular flexibility index (Phi) is 7.63. The number of rotatable bonds is 8. The lowest BCUT2D eigenvalue weighted by molar-refractivity contribution is 0.0600. The molecule has 0 aromatic heterocycles. The maximum absolute atomic E-state index is 11.7. The molecular formula is C24H32N2O2. The summed E-state index contributed by atoms with van der Waals surface area (Å²) in [5, 5.41) is 0. The fourth-order valence-electron chi connectivity index (χ4n) is 3.90.